The first kappa shape index (κ1) is 16.7. The van der Waals surface area contributed by atoms with Crippen LogP contribution in [-0.4, -0.2) is 40.0 Å². The number of hydrogen-bond acceptors (Lipinski definition) is 4. The van der Waals surface area contributed by atoms with Gasteiger partial charge in [-0.1, -0.05) is 15.9 Å². The van der Waals surface area contributed by atoms with Gasteiger partial charge in [0.15, 0.2) is 0 Å². The van der Waals surface area contributed by atoms with E-state index in [-0.39, 0.29) is 10.6 Å². The van der Waals surface area contributed by atoms with Crippen LogP contribution in [0.15, 0.2) is 27.6 Å². The van der Waals surface area contributed by atoms with Gasteiger partial charge in [-0.05, 0) is 63.5 Å². The normalized spacial score (nSPS) is 18.0. The number of nitrogen functional groups attached to an aromatic ring is 1. The van der Waals surface area contributed by atoms with Crippen molar-refractivity contribution in [2.45, 2.75) is 24.2 Å². The summed E-state index contributed by atoms with van der Waals surface area (Å²) < 4.78 is 27.9. The van der Waals surface area contributed by atoms with Gasteiger partial charge in [0, 0.05) is 11.0 Å². The van der Waals surface area contributed by atoms with Gasteiger partial charge in [-0.15, -0.1) is 0 Å². The van der Waals surface area contributed by atoms with Crippen LogP contribution < -0.4 is 10.5 Å². The van der Waals surface area contributed by atoms with E-state index in [1.165, 1.54) is 6.07 Å². The molecule has 1 aliphatic heterocycles. The number of nitrogens with one attached hydrogen (secondary N) is 1. The van der Waals surface area contributed by atoms with Gasteiger partial charge in [0.1, 0.15) is 4.90 Å². The van der Waals surface area contributed by atoms with Gasteiger partial charge in [0.2, 0.25) is 10.0 Å². The fourth-order valence-electron chi connectivity index (χ4n) is 2.57. The number of halogens is 1. The first-order chi connectivity index (χ1) is 9.88. The molecule has 0 amide bonds. The van der Waals surface area contributed by atoms with Gasteiger partial charge < -0.3 is 10.6 Å². The number of anilines is 1. The molecule has 0 atom stereocenters. The van der Waals surface area contributed by atoms with Gasteiger partial charge in [0.05, 0.1) is 5.69 Å². The van der Waals surface area contributed by atoms with Crippen LogP contribution in [0.4, 0.5) is 5.69 Å². The third-order valence-corrected chi connectivity index (χ3v) is 5.96. The highest BCUT2D eigenvalue weighted by Gasteiger charge is 2.20. The summed E-state index contributed by atoms with van der Waals surface area (Å²) >= 11 is 3.27. The van der Waals surface area contributed by atoms with Crippen molar-refractivity contribution >= 4 is 31.6 Å². The smallest absolute Gasteiger partial charge is 0.242 e. The largest absolute Gasteiger partial charge is 0.398 e. The second-order valence-electron chi connectivity index (χ2n) is 5.62. The molecule has 0 saturated carbocycles. The molecular formula is C14H22BrN3O2S. The second kappa shape index (κ2) is 7.09. The first-order valence-electron chi connectivity index (χ1n) is 7.12. The lowest BCUT2D eigenvalue weighted by Gasteiger charge is -2.28. The van der Waals surface area contributed by atoms with Crippen molar-refractivity contribution in [2.24, 2.45) is 5.92 Å². The average molecular weight is 376 g/mol. The molecular weight excluding hydrogens is 354 g/mol. The molecule has 1 aromatic carbocycles. The molecule has 1 fully saturated rings. The van der Waals surface area contributed by atoms with E-state index in [9.17, 15) is 8.42 Å². The van der Waals surface area contributed by atoms with Gasteiger partial charge in [0.25, 0.3) is 0 Å². The quantitative estimate of drug-likeness (QED) is 0.772. The van der Waals surface area contributed by atoms with Crippen LogP contribution in [0.25, 0.3) is 0 Å². The van der Waals surface area contributed by atoms with Crippen molar-refractivity contribution < 1.29 is 8.42 Å². The zero-order chi connectivity index (χ0) is 15.5. The maximum absolute atomic E-state index is 12.3. The number of hydrogen-bond donors (Lipinski definition) is 2. The molecule has 7 heteroatoms. The Morgan fingerprint density at radius 1 is 1.38 bits per heavy atom. The summed E-state index contributed by atoms with van der Waals surface area (Å²) in [6.07, 6.45) is 3.15. The first-order valence-corrected chi connectivity index (χ1v) is 9.39. The lowest BCUT2D eigenvalue weighted by molar-refractivity contribution is 0.213. The van der Waals surface area contributed by atoms with Gasteiger partial charge >= 0.3 is 0 Å². The van der Waals surface area contributed by atoms with Crippen molar-refractivity contribution in [3.05, 3.63) is 22.7 Å². The molecule has 1 heterocycles. The number of nitrogens with two attached hydrogens (primary N) is 1. The Labute approximate surface area is 135 Å². The van der Waals surface area contributed by atoms with Crippen LogP contribution in [0.2, 0.25) is 0 Å². The molecule has 0 radical (unpaired) electrons. The molecule has 1 aliphatic rings. The zero-order valence-electron chi connectivity index (χ0n) is 12.2. The minimum atomic E-state index is -3.54. The van der Waals surface area contributed by atoms with Crippen molar-refractivity contribution in [3.63, 3.8) is 0 Å². The van der Waals surface area contributed by atoms with E-state index < -0.39 is 10.0 Å². The van der Waals surface area contributed by atoms with Crippen LogP contribution in [0.3, 0.4) is 0 Å². The summed E-state index contributed by atoms with van der Waals surface area (Å²) in [4.78, 5) is 2.45. The van der Waals surface area contributed by atoms with E-state index in [0.29, 0.717) is 16.9 Å². The number of rotatable bonds is 5. The minimum absolute atomic E-state index is 0.139. The Morgan fingerprint density at radius 3 is 2.71 bits per heavy atom. The Hall–Kier alpha value is -0.630. The van der Waals surface area contributed by atoms with Gasteiger partial charge in [-0.3, -0.25) is 0 Å². The number of benzene rings is 1. The van der Waals surface area contributed by atoms with E-state index in [4.69, 9.17) is 5.73 Å². The Bertz CT molecular complexity index is 584. The van der Waals surface area contributed by atoms with Crippen molar-refractivity contribution in [1.82, 2.24) is 9.62 Å². The summed E-state index contributed by atoms with van der Waals surface area (Å²) in [5.41, 5.74) is 6.03. The van der Waals surface area contributed by atoms with Crippen molar-refractivity contribution in [3.8, 4) is 0 Å². The van der Waals surface area contributed by atoms with Gasteiger partial charge in [-0.2, -0.15) is 0 Å². The summed E-state index contributed by atoms with van der Waals surface area (Å²) in [5, 5.41) is 0. The molecule has 5 nitrogen and oxygen atoms in total. The van der Waals surface area contributed by atoms with Crippen LogP contribution in [0.5, 0.6) is 0 Å². The topological polar surface area (TPSA) is 75.4 Å². The number of nitrogens with zero attached hydrogens (tertiary/aromatic N) is 1. The van der Waals surface area contributed by atoms with E-state index >= 15 is 0 Å². The standard InChI is InChI=1S/C14H22BrN3O2S/c1-18-8-5-11(6-9-18)4-7-17-21(19,20)14-10-12(15)2-3-13(14)16/h2-3,10-11,17H,4-9,16H2,1H3. The van der Waals surface area contributed by atoms with E-state index in [0.717, 1.165) is 32.4 Å². The molecule has 0 bridgehead atoms. The Balaban J connectivity index is 1.91. The summed E-state index contributed by atoms with van der Waals surface area (Å²) in [5.74, 6) is 0.601. The molecule has 21 heavy (non-hydrogen) atoms. The lowest BCUT2D eigenvalue weighted by Crippen LogP contribution is -2.32. The summed E-state index contributed by atoms with van der Waals surface area (Å²) in [6.45, 7) is 2.65. The fraction of sp³-hybridized carbons (Fsp3) is 0.571. The van der Waals surface area contributed by atoms with Crippen molar-refractivity contribution in [2.75, 3.05) is 32.4 Å². The predicted octanol–water partition coefficient (Wildman–Crippen LogP) is 2.04. The molecule has 3 N–H and O–H groups in total. The third-order valence-electron chi connectivity index (χ3n) is 3.95. The predicted molar refractivity (Wildman–Crippen MR) is 88.6 cm³/mol. The third kappa shape index (κ3) is 4.67. The molecule has 118 valence electrons. The SMILES string of the molecule is CN1CCC(CCNS(=O)(=O)c2cc(Br)ccc2N)CC1. The molecule has 1 saturated heterocycles. The molecule has 0 aliphatic carbocycles. The maximum Gasteiger partial charge on any atom is 0.242 e. The van der Waals surface area contributed by atoms with Crippen LogP contribution in [0, 0.1) is 5.92 Å². The lowest BCUT2D eigenvalue weighted by atomic mass is 9.94. The highest BCUT2D eigenvalue weighted by Crippen LogP contribution is 2.23. The van der Waals surface area contributed by atoms with Crippen molar-refractivity contribution in [1.29, 1.82) is 0 Å². The summed E-state index contributed by atoms with van der Waals surface area (Å²) in [6, 6.07) is 4.86. The molecule has 0 unspecified atom stereocenters. The number of sulfonamides is 1. The molecule has 2 rings (SSSR count). The fourth-order valence-corrected chi connectivity index (χ4v) is 4.28. The molecule has 0 aromatic heterocycles. The number of likely N-dealkylation sites (tertiary alicyclic amines) is 1. The zero-order valence-corrected chi connectivity index (χ0v) is 14.6. The number of piperidine rings is 1. The van der Waals surface area contributed by atoms with Crippen LogP contribution in [0.1, 0.15) is 19.3 Å². The monoisotopic (exact) mass is 375 g/mol. The maximum atomic E-state index is 12.3. The van der Waals surface area contributed by atoms with Gasteiger partial charge in [-0.25, -0.2) is 13.1 Å². The minimum Gasteiger partial charge on any atom is -0.398 e. The molecule has 1 aromatic rings. The average Bonchev–Trinajstić information content (AvgIpc) is 2.43. The highest BCUT2D eigenvalue weighted by atomic mass is 79.9. The second-order valence-corrected chi connectivity index (χ2v) is 8.27. The van der Waals surface area contributed by atoms with Crippen LogP contribution >= 0.6 is 15.9 Å². The summed E-state index contributed by atoms with van der Waals surface area (Å²) in [7, 11) is -1.42. The van der Waals surface area contributed by atoms with Crippen LogP contribution in [-0.2, 0) is 10.0 Å². The highest BCUT2D eigenvalue weighted by molar-refractivity contribution is 9.10. The van der Waals surface area contributed by atoms with E-state index in [1.54, 1.807) is 12.1 Å². The van der Waals surface area contributed by atoms with E-state index in [2.05, 4.69) is 32.6 Å². The van der Waals surface area contributed by atoms with E-state index in [1.807, 2.05) is 0 Å². The Morgan fingerprint density at radius 2 is 2.05 bits per heavy atom. The molecule has 0 spiro atoms. The Kier molecular flexibility index (Phi) is 5.65.